The molecule has 1 aliphatic rings. The zero-order valence-corrected chi connectivity index (χ0v) is 18.2. The average molecular weight is 412 g/mol. The molecule has 0 spiro atoms. The number of likely N-dealkylation sites (N-methyl/N-ethyl adjacent to an activating group) is 1. The highest BCUT2D eigenvalue weighted by Gasteiger charge is 2.28. The lowest BCUT2D eigenvalue weighted by Gasteiger charge is -2.38. The molecule has 162 valence electrons. The molecular weight excluding hydrogens is 378 g/mol. The van der Waals surface area contributed by atoms with Gasteiger partial charge in [-0.15, -0.1) is 0 Å². The van der Waals surface area contributed by atoms with Crippen molar-refractivity contribution in [2.45, 2.75) is 25.6 Å². The molecule has 1 amide bonds. The zero-order valence-electron chi connectivity index (χ0n) is 18.2. The molecule has 6 heteroatoms. The van der Waals surface area contributed by atoms with Gasteiger partial charge in [0.05, 0.1) is 32.9 Å². The fourth-order valence-corrected chi connectivity index (χ4v) is 4.04. The van der Waals surface area contributed by atoms with E-state index >= 15 is 0 Å². The van der Waals surface area contributed by atoms with Crippen LogP contribution in [0.25, 0.3) is 0 Å². The highest BCUT2D eigenvalue weighted by atomic mass is 16.5. The summed E-state index contributed by atoms with van der Waals surface area (Å²) in [6, 6.07) is 18.5. The van der Waals surface area contributed by atoms with Crippen molar-refractivity contribution in [1.82, 2.24) is 15.1 Å². The molecule has 0 aliphatic carbocycles. The van der Waals surface area contributed by atoms with Gasteiger partial charge in [-0.05, 0) is 37.2 Å². The molecule has 6 nitrogen and oxygen atoms in total. The van der Waals surface area contributed by atoms with Gasteiger partial charge >= 0.3 is 0 Å². The number of methoxy groups -OCH3 is 1. The first-order valence-corrected chi connectivity index (χ1v) is 10.5. The van der Waals surface area contributed by atoms with Crippen molar-refractivity contribution >= 4 is 5.91 Å². The van der Waals surface area contributed by atoms with Gasteiger partial charge in [-0.2, -0.15) is 0 Å². The second-order valence-electron chi connectivity index (χ2n) is 7.88. The normalized spacial score (nSPS) is 16.8. The third kappa shape index (κ3) is 6.29. The number of ether oxygens (including phenoxy) is 2. The summed E-state index contributed by atoms with van der Waals surface area (Å²) in [6.07, 6.45) is 0. The Hall–Kier alpha value is -2.41. The maximum absolute atomic E-state index is 12.8. The fourth-order valence-electron chi connectivity index (χ4n) is 4.04. The Morgan fingerprint density at radius 2 is 1.80 bits per heavy atom. The van der Waals surface area contributed by atoms with E-state index < -0.39 is 0 Å². The van der Waals surface area contributed by atoms with E-state index in [4.69, 9.17) is 9.47 Å². The molecule has 0 bridgehead atoms. The van der Waals surface area contributed by atoms with Crippen LogP contribution in [-0.4, -0.2) is 68.8 Å². The largest absolute Gasteiger partial charge is 0.497 e. The van der Waals surface area contributed by atoms with E-state index in [1.54, 1.807) is 7.11 Å². The minimum atomic E-state index is -0.00705. The number of nitrogens with zero attached hydrogens (tertiary/aromatic N) is 2. The molecule has 1 N–H and O–H groups in total. The van der Waals surface area contributed by atoms with Gasteiger partial charge < -0.3 is 14.8 Å². The van der Waals surface area contributed by atoms with Crippen LogP contribution in [-0.2, 0) is 16.1 Å². The molecule has 2 aromatic rings. The Morgan fingerprint density at radius 3 is 2.43 bits per heavy atom. The van der Waals surface area contributed by atoms with Gasteiger partial charge in [0.1, 0.15) is 5.75 Å². The van der Waals surface area contributed by atoms with Gasteiger partial charge in [-0.3, -0.25) is 14.6 Å². The number of carbonyl (C=O) groups is 1. The van der Waals surface area contributed by atoms with Crippen molar-refractivity contribution in [1.29, 1.82) is 0 Å². The molecule has 1 saturated heterocycles. The van der Waals surface area contributed by atoms with Crippen molar-refractivity contribution in [3.8, 4) is 5.75 Å². The molecule has 2 atom stereocenters. The molecule has 0 radical (unpaired) electrons. The van der Waals surface area contributed by atoms with E-state index in [1.165, 1.54) is 5.56 Å². The van der Waals surface area contributed by atoms with Gasteiger partial charge in [-0.1, -0.05) is 42.5 Å². The Kier molecular flexibility index (Phi) is 8.25. The maximum atomic E-state index is 12.8. The summed E-state index contributed by atoms with van der Waals surface area (Å²) in [5.41, 5.74) is 2.37. The molecule has 0 unspecified atom stereocenters. The van der Waals surface area contributed by atoms with Crippen molar-refractivity contribution in [2.24, 2.45) is 0 Å². The fraction of sp³-hybridized carbons (Fsp3) is 0.458. The van der Waals surface area contributed by atoms with Crippen LogP contribution in [0.4, 0.5) is 0 Å². The number of rotatable bonds is 9. The van der Waals surface area contributed by atoms with E-state index in [2.05, 4.69) is 41.4 Å². The molecule has 30 heavy (non-hydrogen) atoms. The summed E-state index contributed by atoms with van der Waals surface area (Å²) in [5, 5.41) is 3.23. The first kappa shape index (κ1) is 22.3. The minimum Gasteiger partial charge on any atom is -0.497 e. The topological polar surface area (TPSA) is 54.0 Å². The van der Waals surface area contributed by atoms with Crippen LogP contribution in [0.3, 0.4) is 0 Å². The van der Waals surface area contributed by atoms with E-state index in [9.17, 15) is 4.79 Å². The van der Waals surface area contributed by atoms with Gasteiger partial charge in [0.25, 0.3) is 0 Å². The van der Waals surface area contributed by atoms with Crippen molar-refractivity contribution in [2.75, 3.05) is 47.0 Å². The second kappa shape index (κ2) is 11.1. The zero-order chi connectivity index (χ0) is 21.3. The molecular formula is C24H33N3O3. The summed E-state index contributed by atoms with van der Waals surface area (Å²) in [4.78, 5) is 17.2. The molecule has 1 heterocycles. The number of carbonyl (C=O) groups excluding carboxylic acids is 1. The quantitative estimate of drug-likeness (QED) is 0.688. The SMILES string of the molecule is COc1ccc(CN(C)CC(=O)N[C@@H](C)[C@H](c2ccccc2)N2CCOCC2)cc1. The van der Waals surface area contributed by atoms with Gasteiger partial charge in [-0.25, -0.2) is 0 Å². The van der Waals surface area contributed by atoms with Crippen LogP contribution >= 0.6 is 0 Å². The summed E-state index contributed by atoms with van der Waals surface area (Å²) in [5.74, 6) is 0.871. The number of hydrogen-bond acceptors (Lipinski definition) is 5. The van der Waals surface area contributed by atoms with Crippen LogP contribution in [0, 0.1) is 0 Å². The smallest absolute Gasteiger partial charge is 0.234 e. The van der Waals surface area contributed by atoms with Crippen molar-refractivity contribution < 1.29 is 14.3 Å². The monoisotopic (exact) mass is 411 g/mol. The van der Waals surface area contributed by atoms with Gasteiger partial charge in [0.2, 0.25) is 5.91 Å². The first-order valence-electron chi connectivity index (χ1n) is 10.5. The third-order valence-electron chi connectivity index (χ3n) is 5.47. The molecule has 0 saturated carbocycles. The van der Waals surface area contributed by atoms with Crippen LogP contribution in [0.1, 0.15) is 24.1 Å². The lowest BCUT2D eigenvalue weighted by molar-refractivity contribution is -0.123. The van der Waals surface area contributed by atoms with Gasteiger partial charge in [0.15, 0.2) is 0 Å². The van der Waals surface area contributed by atoms with Crippen molar-refractivity contribution in [3.05, 3.63) is 65.7 Å². The Morgan fingerprint density at radius 1 is 1.13 bits per heavy atom. The summed E-state index contributed by atoms with van der Waals surface area (Å²) in [7, 11) is 3.62. The predicted molar refractivity (Wildman–Crippen MR) is 119 cm³/mol. The van der Waals surface area contributed by atoms with E-state index in [0.717, 1.165) is 37.6 Å². The summed E-state index contributed by atoms with van der Waals surface area (Å²) in [6.45, 7) is 6.35. The lowest BCUT2D eigenvalue weighted by Crippen LogP contribution is -2.49. The highest BCUT2D eigenvalue weighted by Crippen LogP contribution is 2.25. The van der Waals surface area contributed by atoms with E-state index in [1.807, 2.05) is 42.3 Å². The average Bonchev–Trinajstić information content (AvgIpc) is 2.75. The molecule has 1 fully saturated rings. The lowest BCUT2D eigenvalue weighted by atomic mass is 9.98. The number of nitrogens with one attached hydrogen (secondary N) is 1. The number of hydrogen-bond donors (Lipinski definition) is 1. The maximum Gasteiger partial charge on any atom is 0.234 e. The first-order chi connectivity index (χ1) is 14.6. The Balaban J connectivity index is 1.58. The number of benzene rings is 2. The van der Waals surface area contributed by atoms with Crippen molar-refractivity contribution in [3.63, 3.8) is 0 Å². The summed E-state index contributed by atoms with van der Waals surface area (Å²) >= 11 is 0. The highest BCUT2D eigenvalue weighted by molar-refractivity contribution is 5.78. The standard InChI is InChI=1S/C24H33N3O3/c1-19(24(21-7-5-4-6-8-21)27-13-15-30-16-14-27)25-23(28)18-26(2)17-20-9-11-22(29-3)12-10-20/h4-12,19,24H,13-18H2,1-3H3,(H,25,28)/t19-,24+/m0/s1. The molecule has 1 aliphatic heterocycles. The van der Waals surface area contributed by atoms with Crippen LogP contribution < -0.4 is 10.1 Å². The summed E-state index contributed by atoms with van der Waals surface area (Å²) < 4.78 is 10.7. The number of amides is 1. The van der Waals surface area contributed by atoms with Crippen LogP contribution in [0.5, 0.6) is 5.75 Å². The predicted octanol–water partition coefficient (Wildman–Crippen LogP) is 2.71. The van der Waals surface area contributed by atoms with E-state index in [0.29, 0.717) is 13.1 Å². The second-order valence-corrected chi connectivity index (χ2v) is 7.88. The van der Waals surface area contributed by atoms with E-state index in [-0.39, 0.29) is 18.0 Å². The minimum absolute atomic E-state index is 0.00705. The molecule has 0 aromatic heterocycles. The van der Waals surface area contributed by atoms with Crippen LogP contribution in [0.15, 0.2) is 54.6 Å². The molecule has 2 aromatic carbocycles. The third-order valence-corrected chi connectivity index (χ3v) is 5.47. The Labute approximate surface area is 179 Å². The molecule has 3 rings (SSSR count). The van der Waals surface area contributed by atoms with Gasteiger partial charge in [0, 0.05) is 25.7 Å². The Bertz CT molecular complexity index is 776. The van der Waals surface area contributed by atoms with Crippen LogP contribution in [0.2, 0.25) is 0 Å². The number of morpholine rings is 1.